The molecule has 8 heteroatoms. The fourth-order valence-electron chi connectivity index (χ4n) is 1.76. The second-order valence-corrected chi connectivity index (χ2v) is 4.51. The fraction of sp³-hybridized carbons (Fsp3) is 0.333. The van der Waals surface area contributed by atoms with Gasteiger partial charge in [0.25, 0.3) is 5.91 Å². The van der Waals surface area contributed by atoms with E-state index >= 15 is 0 Å². The Hall–Kier alpha value is -2.90. The summed E-state index contributed by atoms with van der Waals surface area (Å²) in [4.78, 5) is 46.4. The third-order valence-corrected chi connectivity index (χ3v) is 2.87. The van der Waals surface area contributed by atoms with Crippen molar-refractivity contribution in [2.24, 2.45) is 5.73 Å². The lowest BCUT2D eigenvalue weighted by atomic mass is 10.1. The zero-order chi connectivity index (χ0) is 17.4. The van der Waals surface area contributed by atoms with Crippen molar-refractivity contribution in [2.75, 3.05) is 13.7 Å². The highest BCUT2D eigenvalue weighted by molar-refractivity contribution is 6.00. The summed E-state index contributed by atoms with van der Waals surface area (Å²) in [5.74, 6) is -2.77. The number of esters is 2. The number of benzene rings is 1. The molecule has 0 aromatic heterocycles. The molecule has 1 atom stereocenters. The Labute approximate surface area is 132 Å². The predicted octanol–water partition coefficient (Wildman–Crippen LogP) is 0.0101. The summed E-state index contributed by atoms with van der Waals surface area (Å²) in [6.45, 7) is 1.77. The number of primary amides is 1. The van der Waals surface area contributed by atoms with Crippen LogP contribution in [0.15, 0.2) is 24.3 Å². The Bertz CT molecular complexity index is 614. The number of amides is 2. The minimum Gasteiger partial charge on any atom is -0.466 e. The Balaban J connectivity index is 2.85. The van der Waals surface area contributed by atoms with Crippen LogP contribution >= 0.6 is 0 Å². The van der Waals surface area contributed by atoms with Crippen LogP contribution in [0.3, 0.4) is 0 Å². The van der Waals surface area contributed by atoms with Crippen molar-refractivity contribution in [1.82, 2.24) is 5.32 Å². The van der Waals surface area contributed by atoms with Gasteiger partial charge in [-0.05, 0) is 25.1 Å². The SMILES string of the molecule is CCOC(=O)C[C@@H](NC(=O)c1cccc(C(=O)OC)c1)C(N)=O. The molecule has 0 aliphatic heterocycles. The Kier molecular flexibility index (Phi) is 6.72. The van der Waals surface area contributed by atoms with Crippen molar-refractivity contribution in [3.8, 4) is 0 Å². The van der Waals surface area contributed by atoms with Crippen LogP contribution in [0.5, 0.6) is 0 Å². The first-order chi connectivity index (χ1) is 10.9. The quantitative estimate of drug-likeness (QED) is 0.681. The lowest BCUT2D eigenvalue weighted by Crippen LogP contribution is -2.46. The molecule has 0 bridgehead atoms. The average molecular weight is 322 g/mol. The van der Waals surface area contributed by atoms with Crippen LogP contribution in [-0.4, -0.2) is 43.5 Å². The molecule has 8 nitrogen and oxygen atoms in total. The highest BCUT2D eigenvalue weighted by Gasteiger charge is 2.23. The largest absolute Gasteiger partial charge is 0.466 e. The summed E-state index contributed by atoms with van der Waals surface area (Å²) in [6.07, 6.45) is -0.369. The van der Waals surface area contributed by atoms with Gasteiger partial charge in [0.05, 0.1) is 25.7 Å². The van der Waals surface area contributed by atoms with Crippen molar-refractivity contribution in [3.63, 3.8) is 0 Å². The van der Waals surface area contributed by atoms with Crippen LogP contribution in [-0.2, 0) is 19.1 Å². The van der Waals surface area contributed by atoms with Crippen molar-refractivity contribution in [1.29, 1.82) is 0 Å². The van der Waals surface area contributed by atoms with Gasteiger partial charge in [-0.15, -0.1) is 0 Å². The molecule has 1 aromatic carbocycles. The minimum atomic E-state index is -1.21. The molecule has 124 valence electrons. The Morgan fingerprint density at radius 3 is 2.43 bits per heavy atom. The van der Waals surface area contributed by atoms with E-state index in [4.69, 9.17) is 10.5 Å². The van der Waals surface area contributed by atoms with Gasteiger partial charge in [0.1, 0.15) is 6.04 Å². The Morgan fingerprint density at radius 1 is 1.22 bits per heavy atom. The molecule has 3 N–H and O–H groups in total. The number of hydrogen-bond donors (Lipinski definition) is 2. The Morgan fingerprint density at radius 2 is 1.87 bits per heavy atom. The zero-order valence-corrected chi connectivity index (χ0v) is 12.8. The number of methoxy groups -OCH3 is 1. The number of rotatable bonds is 7. The van der Waals surface area contributed by atoms with Gasteiger partial charge in [0.15, 0.2) is 0 Å². The topological polar surface area (TPSA) is 125 Å². The number of ether oxygens (including phenoxy) is 2. The van der Waals surface area contributed by atoms with Crippen LogP contribution in [0.2, 0.25) is 0 Å². The number of nitrogens with two attached hydrogens (primary N) is 1. The third-order valence-electron chi connectivity index (χ3n) is 2.87. The zero-order valence-electron chi connectivity index (χ0n) is 12.8. The van der Waals surface area contributed by atoms with Crippen LogP contribution in [0.1, 0.15) is 34.1 Å². The first kappa shape index (κ1) is 18.1. The highest BCUT2D eigenvalue weighted by Crippen LogP contribution is 2.07. The number of nitrogens with one attached hydrogen (secondary N) is 1. The molecule has 2 amide bonds. The summed E-state index contributed by atoms with van der Waals surface area (Å²) in [5, 5.41) is 2.34. The molecule has 0 unspecified atom stereocenters. The summed E-state index contributed by atoms with van der Waals surface area (Å²) in [7, 11) is 1.22. The van der Waals surface area contributed by atoms with Gasteiger partial charge >= 0.3 is 11.9 Å². The first-order valence-electron chi connectivity index (χ1n) is 6.83. The van der Waals surface area contributed by atoms with Gasteiger partial charge in [-0.25, -0.2) is 4.79 Å². The molecule has 0 saturated carbocycles. The third kappa shape index (κ3) is 5.42. The van der Waals surface area contributed by atoms with E-state index in [9.17, 15) is 19.2 Å². The monoisotopic (exact) mass is 322 g/mol. The maximum absolute atomic E-state index is 12.1. The van der Waals surface area contributed by atoms with Crippen molar-refractivity contribution >= 4 is 23.8 Å². The van der Waals surface area contributed by atoms with Crippen molar-refractivity contribution in [2.45, 2.75) is 19.4 Å². The highest BCUT2D eigenvalue weighted by atomic mass is 16.5. The molecule has 0 aliphatic carbocycles. The lowest BCUT2D eigenvalue weighted by molar-refractivity contribution is -0.145. The molecule has 0 radical (unpaired) electrons. The molecule has 1 rings (SSSR count). The maximum Gasteiger partial charge on any atom is 0.337 e. The van der Waals surface area contributed by atoms with E-state index in [-0.39, 0.29) is 24.2 Å². The van der Waals surface area contributed by atoms with Gasteiger partial charge in [0.2, 0.25) is 5.91 Å². The normalized spacial score (nSPS) is 11.2. The lowest BCUT2D eigenvalue weighted by Gasteiger charge is -2.15. The van der Waals surface area contributed by atoms with E-state index in [0.717, 1.165) is 0 Å². The molecule has 0 heterocycles. The summed E-state index contributed by atoms with van der Waals surface area (Å²) >= 11 is 0. The van der Waals surface area contributed by atoms with Crippen molar-refractivity contribution in [3.05, 3.63) is 35.4 Å². The molecular formula is C15H18N2O6. The minimum absolute atomic E-state index is 0.128. The molecule has 23 heavy (non-hydrogen) atoms. The predicted molar refractivity (Wildman–Crippen MR) is 79.5 cm³/mol. The van der Waals surface area contributed by atoms with Gasteiger partial charge < -0.3 is 20.5 Å². The van der Waals surface area contributed by atoms with Crippen molar-refractivity contribution < 1.29 is 28.7 Å². The molecular weight excluding hydrogens is 304 g/mol. The van der Waals surface area contributed by atoms with E-state index in [1.165, 1.54) is 31.4 Å². The smallest absolute Gasteiger partial charge is 0.337 e. The molecule has 0 spiro atoms. The first-order valence-corrected chi connectivity index (χ1v) is 6.83. The standard InChI is InChI=1S/C15H18N2O6/c1-3-23-12(18)8-11(13(16)19)17-14(20)9-5-4-6-10(7-9)15(21)22-2/h4-7,11H,3,8H2,1-2H3,(H2,16,19)(H,17,20)/t11-/m1/s1. The van der Waals surface area contributed by atoms with E-state index in [2.05, 4.69) is 10.1 Å². The van der Waals surface area contributed by atoms with E-state index in [1.54, 1.807) is 6.92 Å². The average Bonchev–Trinajstić information content (AvgIpc) is 2.53. The molecule has 0 fully saturated rings. The number of carbonyl (C=O) groups is 4. The second kappa shape index (κ2) is 8.52. The van der Waals surface area contributed by atoms with Crippen LogP contribution in [0, 0.1) is 0 Å². The second-order valence-electron chi connectivity index (χ2n) is 4.51. The number of hydrogen-bond acceptors (Lipinski definition) is 6. The van der Waals surface area contributed by atoms with Gasteiger partial charge in [-0.1, -0.05) is 6.07 Å². The molecule has 0 aliphatic rings. The summed E-state index contributed by atoms with van der Waals surface area (Å²) in [6, 6.07) is 4.52. The van der Waals surface area contributed by atoms with Crippen LogP contribution in [0.4, 0.5) is 0 Å². The van der Waals surface area contributed by atoms with Gasteiger partial charge in [-0.2, -0.15) is 0 Å². The van der Waals surface area contributed by atoms with Gasteiger partial charge in [0, 0.05) is 5.56 Å². The van der Waals surface area contributed by atoms with E-state index in [1.807, 2.05) is 0 Å². The number of carbonyl (C=O) groups excluding carboxylic acids is 4. The van der Waals surface area contributed by atoms with Crippen LogP contribution in [0.25, 0.3) is 0 Å². The van der Waals surface area contributed by atoms with E-state index in [0.29, 0.717) is 0 Å². The van der Waals surface area contributed by atoms with Gasteiger partial charge in [-0.3, -0.25) is 14.4 Å². The summed E-state index contributed by atoms with van der Waals surface area (Å²) in [5.41, 5.74) is 5.48. The fourth-order valence-corrected chi connectivity index (χ4v) is 1.76. The molecule has 0 saturated heterocycles. The van der Waals surface area contributed by atoms with E-state index < -0.39 is 29.8 Å². The van der Waals surface area contributed by atoms with Crippen LogP contribution < -0.4 is 11.1 Å². The maximum atomic E-state index is 12.1. The molecule has 1 aromatic rings. The summed E-state index contributed by atoms with van der Waals surface area (Å²) < 4.78 is 9.28.